The molecule has 250 valence electrons. The van der Waals surface area contributed by atoms with Crippen LogP contribution in [0.25, 0.3) is 0 Å². The number of unbranched alkanes of at least 4 members (excludes halogenated alkanes) is 15. The number of aliphatic hydroxyl groups excluding tert-OH is 1. The van der Waals surface area contributed by atoms with Crippen LogP contribution in [-0.2, 0) is 18.4 Å². The highest BCUT2D eigenvalue weighted by Crippen LogP contribution is 2.43. The summed E-state index contributed by atoms with van der Waals surface area (Å²) in [6.45, 7) is 4.79. The highest BCUT2D eigenvalue weighted by Gasteiger charge is 2.28. The molecule has 0 radical (unpaired) electrons. The van der Waals surface area contributed by atoms with Crippen molar-refractivity contribution in [3.63, 3.8) is 0 Å². The molecular formula is C33H68N2O6P+. The van der Waals surface area contributed by atoms with E-state index in [0.29, 0.717) is 23.9 Å². The standard InChI is InChI=1S/C33H67N2O6P/c1-6-8-10-12-14-16-18-20-22-24-26-32(36)31(30-41-42(38,39)40-29-28-35(3,4)5)34-33(37)27-25-23-21-19-17-15-13-11-9-7-2/h16,18,31-32,36H,6-15,17,19-30H2,1-5H3,(H-,34,37,38,39)/p+1/b18-16+/t31-,32+/m0/s1. The number of nitrogens with zero attached hydrogens (tertiary/aromatic N) is 1. The van der Waals surface area contributed by atoms with E-state index in [-0.39, 0.29) is 19.1 Å². The number of likely N-dealkylation sites (N-methyl/N-ethyl adjacent to an activating group) is 1. The Morgan fingerprint density at radius 3 is 1.83 bits per heavy atom. The molecule has 0 aromatic rings. The van der Waals surface area contributed by atoms with Crippen LogP contribution in [-0.4, -0.2) is 73.4 Å². The maximum absolute atomic E-state index is 12.7. The smallest absolute Gasteiger partial charge is 0.391 e. The third-order valence-electron chi connectivity index (χ3n) is 7.51. The highest BCUT2D eigenvalue weighted by atomic mass is 31.2. The number of hydrogen-bond donors (Lipinski definition) is 3. The van der Waals surface area contributed by atoms with Gasteiger partial charge in [-0.05, 0) is 38.5 Å². The van der Waals surface area contributed by atoms with Crippen molar-refractivity contribution in [2.24, 2.45) is 0 Å². The maximum Gasteiger partial charge on any atom is 0.472 e. The number of aliphatic hydroxyl groups is 1. The minimum atomic E-state index is -4.30. The van der Waals surface area contributed by atoms with Gasteiger partial charge in [-0.1, -0.05) is 109 Å². The van der Waals surface area contributed by atoms with Gasteiger partial charge in [0, 0.05) is 6.42 Å². The van der Waals surface area contributed by atoms with Gasteiger partial charge in [-0.2, -0.15) is 0 Å². The first-order valence-corrected chi connectivity index (χ1v) is 18.5. The fourth-order valence-electron chi connectivity index (χ4n) is 4.68. The lowest BCUT2D eigenvalue weighted by Crippen LogP contribution is -2.46. The summed E-state index contributed by atoms with van der Waals surface area (Å²) in [7, 11) is 1.60. The summed E-state index contributed by atoms with van der Waals surface area (Å²) in [5, 5.41) is 13.7. The van der Waals surface area contributed by atoms with Crippen molar-refractivity contribution < 1.29 is 32.9 Å². The molecule has 0 saturated carbocycles. The van der Waals surface area contributed by atoms with E-state index in [1.165, 1.54) is 70.6 Å². The minimum absolute atomic E-state index is 0.0711. The molecule has 0 aromatic carbocycles. The molecule has 3 atom stereocenters. The fourth-order valence-corrected chi connectivity index (χ4v) is 5.42. The zero-order valence-corrected chi connectivity index (χ0v) is 28.9. The van der Waals surface area contributed by atoms with Crippen molar-refractivity contribution in [3.8, 4) is 0 Å². The van der Waals surface area contributed by atoms with Crippen LogP contribution in [0.2, 0.25) is 0 Å². The van der Waals surface area contributed by atoms with Crippen molar-refractivity contribution in [3.05, 3.63) is 12.2 Å². The number of nitrogens with one attached hydrogen (secondary N) is 1. The largest absolute Gasteiger partial charge is 0.472 e. The molecule has 42 heavy (non-hydrogen) atoms. The molecule has 0 fully saturated rings. The number of phosphoric acid groups is 1. The number of hydrogen-bond acceptors (Lipinski definition) is 5. The topological polar surface area (TPSA) is 105 Å². The van der Waals surface area contributed by atoms with Crippen LogP contribution in [0.15, 0.2) is 12.2 Å². The predicted molar refractivity (Wildman–Crippen MR) is 175 cm³/mol. The van der Waals surface area contributed by atoms with Crippen LogP contribution >= 0.6 is 7.82 Å². The van der Waals surface area contributed by atoms with Crippen LogP contribution in [0.5, 0.6) is 0 Å². The Morgan fingerprint density at radius 2 is 1.29 bits per heavy atom. The monoisotopic (exact) mass is 619 g/mol. The molecule has 1 amide bonds. The molecule has 1 unspecified atom stereocenters. The summed E-state index contributed by atoms with van der Waals surface area (Å²) < 4.78 is 23.4. The van der Waals surface area contributed by atoms with Crippen LogP contribution in [0.1, 0.15) is 142 Å². The summed E-state index contributed by atoms with van der Waals surface area (Å²) in [6.07, 6.45) is 25.2. The van der Waals surface area contributed by atoms with Gasteiger partial charge in [-0.15, -0.1) is 0 Å². The van der Waals surface area contributed by atoms with Crippen LogP contribution in [0.3, 0.4) is 0 Å². The Balaban J connectivity index is 4.59. The van der Waals surface area contributed by atoms with Gasteiger partial charge < -0.3 is 19.8 Å². The van der Waals surface area contributed by atoms with Crippen LogP contribution in [0, 0.1) is 0 Å². The van der Waals surface area contributed by atoms with Crippen LogP contribution in [0.4, 0.5) is 0 Å². The summed E-state index contributed by atoms with van der Waals surface area (Å²) in [6, 6.07) is -0.766. The number of carbonyl (C=O) groups is 1. The van der Waals surface area contributed by atoms with E-state index in [0.717, 1.165) is 44.9 Å². The predicted octanol–water partition coefficient (Wildman–Crippen LogP) is 8.07. The number of quaternary nitrogens is 1. The molecule has 0 rings (SSSR count). The zero-order valence-electron chi connectivity index (χ0n) is 28.0. The molecule has 0 aromatic heterocycles. The first-order valence-electron chi connectivity index (χ1n) is 17.1. The lowest BCUT2D eigenvalue weighted by molar-refractivity contribution is -0.870. The molecule has 0 heterocycles. The van der Waals surface area contributed by atoms with E-state index in [1.54, 1.807) is 0 Å². The molecule has 0 bridgehead atoms. The average Bonchev–Trinajstić information content (AvgIpc) is 2.92. The summed E-state index contributed by atoms with van der Waals surface area (Å²) in [5.41, 5.74) is 0. The third-order valence-corrected chi connectivity index (χ3v) is 8.50. The number of phosphoric ester groups is 1. The summed E-state index contributed by atoms with van der Waals surface area (Å²) in [5.74, 6) is -0.160. The second-order valence-corrected chi connectivity index (χ2v) is 14.3. The Kier molecular flexibility index (Phi) is 26.1. The molecular weight excluding hydrogens is 551 g/mol. The lowest BCUT2D eigenvalue weighted by atomic mass is 10.0. The number of allylic oxidation sites excluding steroid dienone is 2. The van der Waals surface area contributed by atoms with Crippen molar-refractivity contribution in [1.82, 2.24) is 5.32 Å². The molecule has 0 aliphatic heterocycles. The van der Waals surface area contributed by atoms with Gasteiger partial charge in [0.25, 0.3) is 0 Å². The van der Waals surface area contributed by atoms with E-state index in [9.17, 15) is 19.4 Å². The van der Waals surface area contributed by atoms with Gasteiger partial charge in [0.05, 0.1) is 39.9 Å². The summed E-state index contributed by atoms with van der Waals surface area (Å²) >= 11 is 0. The van der Waals surface area contributed by atoms with Crippen molar-refractivity contribution in [1.29, 1.82) is 0 Å². The van der Waals surface area contributed by atoms with E-state index >= 15 is 0 Å². The van der Waals surface area contributed by atoms with Gasteiger partial charge in [0.1, 0.15) is 13.2 Å². The highest BCUT2D eigenvalue weighted by molar-refractivity contribution is 7.47. The van der Waals surface area contributed by atoms with E-state index in [2.05, 4.69) is 31.3 Å². The Morgan fingerprint density at radius 1 is 0.786 bits per heavy atom. The molecule has 9 heteroatoms. The SMILES string of the molecule is CCCCCC/C=C/CCCC[C@@H](O)[C@H](COP(=O)(O)OCC[N+](C)(C)C)NC(=O)CCCCCCCCCCCC. The minimum Gasteiger partial charge on any atom is -0.391 e. The normalized spacial score (nSPS) is 15.1. The number of amides is 1. The van der Waals surface area contributed by atoms with Gasteiger partial charge in [0.2, 0.25) is 5.91 Å². The molecule has 3 N–H and O–H groups in total. The second kappa shape index (κ2) is 26.6. The molecule has 0 aliphatic carbocycles. The van der Waals surface area contributed by atoms with Gasteiger partial charge in [-0.3, -0.25) is 13.8 Å². The summed E-state index contributed by atoms with van der Waals surface area (Å²) in [4.78, 5) is 22.8. The van der Waals surface area contributed by atoms with E-state index < -0.39 is 20.0 Å². The Labute approximate surface area is 259 Å². The number of carbonyl (C=O) groups excluding carboxylic acids is 1. The van der Waals surface area contributed by atoms with E-state index in [4.69, 9.17) is 9.05 Å². The molecule has 8 nitrogen and oxygen atoms in total. The quantitative estimate of drug-likeness (QED) is 0.0325. The van der Waals surface area contributed by atoms with Crippen LogP contribution < -0.4 is 5.32 Å². The Bertz CT molecular complexity index is 713. The molecule has 0 spiro atoms. The van der Waals surface area contributed by atoms with Crippen molar-refractivity contribution >= 4 is 13.7 Å². The van der Waals surface area contributed by atoms with E-state index in [1.807, 2.05) is 21.1 Å². The number of rotatable bonds is 30. The van der Waals surface area contributed by atoms with Crippen molar-refractivity contribution in [2.45, 2.75) is 154 Å². The van der Waals surface area contributed by atoms with Gasteiger partial charge >= 0.3 is 7.82 Å². The first-order chi connectivity index (χ1) is 20.0. The third kappa shape index (κ3) is 28.0. The van der Waals surface area contributed by atoms with Crippen molar-refractivity contribution in [2.75, 3.05) is 40.9 Å². The molecule has 0 aliphatic rings. The molecule has 0 saturated heterocycles. The first kappa shape index (κ1) is 41.2. The average molecular weight is 620 g/mol. The zero-order chi connectivity index (χ0) is 31.5. The second-order valence-electron chi connectivity index (χ2n) is 12.9. The Hall–Kier alpha value is -0.760. The van der Waals surface area contributed by atoms with Gasteiger partial charge in [-0.25, -0.2) is 4.57 Å². The van der Waals surface area contributed by atoms with Gasteiger partial charge in [0.15, 0.2) is 0 Å². The fraction of sp³-hybridized carbons (Fsp3) is 0.909. The lowest BCUT2D eigenvalue weighted by Gasteiger charge is -2.26. The maximum atomic E-state index is 12.7.